The lowest BCUT2D eigenvalue weighted by atomic mass is 9.99. The SMILES string of the molecule is CC(C)CC(NC(=O)C(C)NC(=O)C(NC(=O)C(NC(=O)C(C)NC(=O)C(CO)NC(=O)C(CCCCN)NC(=O)C(CCC(=O)O)NC(=O)C(N)CCC(=O)O)C(C)C)C(C)O)C(=O)NC(C(=O)NCC(=O)NCC(=O)NC(CCC(=O)O)C(=O)O)C(C)C. The summed E-state index contributed by atoms with van der Waals surface area (Å²) in [6.07, 6.45) is -4.11. The van der Waals surface area contributed by atoms with Crippen LogP contribution in [0.25, 0.3) is 0 Å². The number of carbonyl (C=O) groups excluding carboxylic acids is 12. The van der Waals surface area contributed by atoms with Crippen LogP contribution < -0.4 is 75.3 Å². The smallest absolute Gasteiger partial charge is 0.326 e. The van der Waals surface area contributed by atoms with Crippen LogP contribution in [0, 0.1) is 17.8 Å². The minimum Gasteiger partial charge on any atom is -0.481 e. The molecule has 0 aromatic rings. The molecule has 0 radical (unpaired) electrons. The van der Waals surface area contributed by atoms with E-state index in [9.17, 15) is 97.1 Å². The van der Waals surface area contributed by atoms with Gasteiger partial charge in [0.2, 0.25) is 70.9 Å². The summed E-state index contributed by atoms with van der Waals surface area (Å²) < 4.78 is 0. The van der Waals surface area contributed by atoms with E-state index in [1.54, 1.807) is 27.7 Å². The van der Waals surface area contributed by atoms with Gasteiger partial charge in [0.1, 0.15) is 60.4 Å². The normalized spacial score (nSPS) is 15.1. The third-order valence-electron chi connectivity index (χ3n) is 13.2. The van der Waals surface area contributed by atoms with Gasteiger partial charge in [-0.15, -0.1) is 0 Å². The second kappa shape index (κ2) is 41.6. The van der Waals surface area contributed by atoms with E-state index in [4.69, 9.17) is 21.7 Å². The lowest BCUT2D eigenvalue weighted by molar-refractivity contribution is -0.143. The number of carboxylic acid groups (broad SMARTS) is 4. The Morgan fingerprint density at radius 1 is 0.389 bits per heavy atom. The number of carboxylic acids is 4. The number of aliphatic hydroxyl groups excluding tert-OH is 2. The molecular formula is C54H92N14O22. The number of unbranched alkanes of at least 4 members (excludes halogenated alkanes) is 1. The largest absolute Gasteiger partial charge is 0.481 e. The van der Waals surface area contributed by atoms with E-state index in [0.717, 1.165) is 6.92 Å². The van der Waals surface area contributed by atoms with Gasteiger partial charge < -0.3 is 106 Å². The summed E-state index contributed by atoms with van der Waals surface area (Å²) in [5.41, 5.74) is 11.4. The molecule has 22 N–H and O–H groups in total. The van der Waals surface area contributed by atoms with E-state index in [1.807, 2.05) is 0 Å². The minimum atomic E-state index is -1.78. The molecular weight excluding hydrogens is 1200 g/mol. The van der Waals surface area contributed by atoms with E-state index in [1.165, 1.54) is 27.7 Å². The summed E-state index contributed by atoms with van der Waals surface area (Å²) in [5.74, 6) is -18.8. The zero-order valence-electron chi connectivity index (χ0n) is 51.9. The van der Waals surface area contributed by atoms with Gasteiger partial charge in [-0.25, -0.2) is 4.79 Å². The van der Waals surface area contributed by atoms with E-state index in [2.05, 4.69) is 63.8 Å². The summed E-state index contributed by atoms with van der Waals surface area (Å²) in [7, 11) is 0. The third-order valence-corrected chi connectivity index (χ3v) is 13.2. The maximum atomic E-state index is 13.8. The van der Waals surface area contributed by atoms with Crippen LogP contribution in [0.3, 0.4) is 0 Å². The van der Waals surface area contributed by atoms with E-state index in [0.29, 0.717) is 6.42 Å². The van der Waals surface area contributed by atoms with Crippen LogP contribution in [0.1, 0.15) is 127 Å². The van der Waals surface area contributed by atoms with Crippen molar-refractivity contribution in [1.29, 1.82) is 0 Å². The Morgan fingerprint density at radius 3 is 1.28 bits per heavy atom. The van der Waals surface area contributed by atoms with Crippen molar-refractivity contribution in [3.05, 3.63) is 0 Å². The quantitative estimate of drug-likeness (QED) is 0.0252. The van der Waals surface area contributed by atoms with Gasteiger partial charge in [-0.3, -0.25) is 71.9 Å². The lowest BCUT2D eigenvalue weighted by Crippen LogP contribution is -2.62. The van der Waals surface area contributed by atoms with E-state index >= 15 is 0 Å². The van der Waals surface area contributed by atoms with Gasteiger partial charge in [0, 0.05) is 19.3 Å². The van der Waals surface area contributed by atoms with Crippen LogP contribution in [0.4, 0.5) is 0 Å². The van der Waals surface area contributed by atoms with Crippen molar-refractivity contribution in [2.45, 2.75) is 199 Å². The van der Waals surface area contributed by atoms with Gasteiger partial charge in [-0.05, 0) is 90.0 Å². The molecule has 12 atom stereocenters. The first kappa shape index (κ1) is 81.4. The van der Waals surface area contributed by atoms with Crippen LogP contribution in [-0.2, 0) is 76.7 Å². The summed E-state index contributed by atoms with van der Waals surface area (Å²) in [6, 6.07) is -16.6. The number of hydrogen-bond donors (Lipinski definition) is 20. The average molecular weight is 1290 g/mol. The molecule has 0 aromatic heterocycles. The predicted molar refractivity (Wildman–Crippen MR) is 314 cm³/mol. The molecule has 0 aliphatic rings. The third kappa shape index (κ3) is 32.0. The highest BCUT2D eigenvalue weighted by Crippen LogP contribution is 2.11. The average Bonchev–Trinajstić information content (AvgIpc) is 1.18. The number of amides is 12. The standard InChI is InChI=1S/C54H92N14O22/c1-24(2)20-34(49(84)67-41(25(3)4)51(86)58-21-36(71)57-22-37(72)61-33(54(89)90)15-18-40(77)78)64-44(79)27(7)60-53(88)43(29(9)70)68-52(87)42(26(5)6)66-45(80)28(8)59-50(85)35(23-69)65-47(82)31(12-10-11-19-55)63-48(83)32(14-17-39(75)76)62-46(81)30(56)13-16-38(73)74/h24-35,41-43,69-70H,10-23,55-56H2,1-9H3,(H,57,71)(H,58,86)(H,59,85)(H,60,88)(H,61,72)(H,62,81)(H,63,83)(H,64,79)(H,65,82)(H,66,80)(H,67,84)(H,68,87)(H,73,74)(H,75,76)(H,77,78)(H,89,90). The Labute approximate surface area is 519 Å². The molecule has 36 heteroatoms. The van der Waals surface area contributed by atoms with Gasteiger partial charge in [-0.1, -0.05) is 41.5 Å². The second-order valence-electron chi connectivity index (χ2n) is 22.3. The van der Waals surface area contributed by atoms with Gasteiger partial charge in [0.05, 0.1) is 31.8 Å². The van der Waals surface area contributed by atoms with Crippen molar-refractivity contribution < 1.29 is 107 Å². The first-order valence-corrected chi connectivity index (χ1v) is 29.1. The van der Waals surface area contributed by atoms with Crippen LogP contribution in [-0.4, -0.2) is 224 Å². The van der Waals surface area contributed by atoms with Crippen molar-refractivity contribution in [3.63, 3.8) is 0 Å². The molecule has 12 amide bonds. The number of hydrogen-bond acceptors (Lipinski definition) is 20. The maximum Gasteiger partial charge on any atom is 0.326 e. The second-order valence-corrected chi connectivity index (χ2v) is 22.3. The predicted octanol–water partition coefficient (Wildman–Crippen LogP) is -7.03. The number of rotatable bonds is 44. The number of aliphatic hydroxyl groups is 2. The monoisotopic (exact) mass is 1290 g/mol. The molecule has 0 bridgehead atoms. The Kier molecular flexibility index (Phi) is 37.6. The van der Waals surface area contributed by atoms with Gasteiger partial charge in [0.25, 0.3) is 0 Å². The maximum absolute atomic E-state index is 13.8. The van der Waals surface area contributed by atoms with Crippen LogP contribution in [0.2, 0.25) is 0 Å². The summed E-state index contributed by atoms with van der Waals surface area (Å²) in [5, 5.41) is 85.0. The zero-order chi connectivity index (χ0) is 69.3. The fourth-order valence-corrected chi connectivity index (χ4v) is 8.01. The summed E-state index contributed by atoms with van der Waals surface area (Å²) in [4.78, 5) is 204. The Morgan fingerprint density at radius 2 is 0.789 bits per heavy atom. The number of carbonyl (C=O) groups is 16. The fraction of sp³-hybridized carbons (Fsp3) is 0.704. The summed E-state index contributed by atoms with van der Waals surface area (Å²) in [6.45, 7) is 10.8. The Bertz CT molecular complexity index is 2520. The van der Waals surface area contributed by atoms with Gasteiger partial charge >= 0.3 is 23.9 Å². The highest BCUT2D eigenvalue weighted by Gasteiger charge is 2.37. The van der Waals surface area contributed by atoms with Crippen LogP contribution >= 0.6 is 0 Å². The highest BCUT2D eigenvalue weighted by atomic mass is 16.4. The number of aliphatic carboxylic acids is 4. The zero-order valence-corrected chi connectivity index (χ0v) is 51.9. The first-order chi connectivity index (χ1) is 41.9. The molecule has 0 spiro atoms. The molecule has 0 fully saturated rings. The van der Waals surface area contributed by atoms with Crippen molar-refractivity contribution in [3.8, 4) is 0 Å². The molecule has 0 aliphatic heterocycles. The highest BCUT2D eigenvalue weighted by molar-refractivity contribution is 5.99. The van der Waals surface area contributed by atoms with Gasteiger partial charge in [-0.2, -0.15) is 0 Å². The Hall–Kier alpha value is -8.64. The summed E-state index contributed by atoms with van der Waals surface area (Å²) >= 11 is 0. The van der Waals surface area contributed by atoms with Crippen LogP contribution in [0.15, 0.2) is 0 Å². The molecule has 90 heavy (non-hydrogen) atoms. The van der Waals surface area contributed by atoms with E-state index in [-0.39, 0.29) is 38.1 Å². The van der Waals surface area contributed by atoms with Crippen LogP contribution in [0.5, 0.6) is 0 Å². The molecule has 510 valence electrons. The van der Waals surface area contributed by atoms with Crippen molar-refractivity contribution in [2.24, 2.45) is 29.2 Å². The van der Waals surface area contributed by atoms with Crippen molar-refractivity contribution in [2.75, 3.05) is 26.2 Å². The molecule has 0 saturated heterocycles. The molecule has 0 rings (SSSR count). The van der Waals surface area contributed by atoms with Gasteiger partial charge in [0.15, 0.2) is 0 Å². The lowest BCUT2D eigenvalue weighted by Gasteiger charge is -2.29. The molecule has 36 nitrogen and oxygen atoms in total. The molecule has 0 heterocycles. The number of nitrogens with one attached hydrogen (secondary N) is 12. The van der Waals surface area contributed by atoms with E-state index < -0.39 is 231 Å². The molecule has 12 unspecified atom stereocenters. The molecule has 0 aromatic carbocycles. The minimum absolute atomic E-state index is 0.00439. The first-order valence-electron chi connectivity index (χ1n) is 29.1. The van der Waals surface area contributed by atoms with Crippen molar-refractivity contribution >= 4 is 94.8 Å². The topological polar surface area (TPSA) is 591 Å². The van der Waals surface area contributed by atoms with Crippen molar-refractivity contribution in [1.82, 2.24) is 63.8 Å². The fourth-order valence-electron chi connectivity index (χ4n) is 8.01. The molecule has 0 aliphatic carbocycles. The number of nitrogens with two attached hydrogens (primary N) is 2. The Balaban J connectivity index is 6.00. The molecule has 0 saturated carbocycles.